The molecule has 0 atom stereocenters. The van der Waals surface area contributed by atoms with Gasteiger partial charge in [-0.1, -0.05) is 47.6 Å². The summed E-state index contributed by atoms with van der Waals surface area (Å²) in [5.41, 5.74) is 2.89. The summed E-state index contributed by atoms with van der Waals surface area (Å²) in [4.78, 5) is 11.8. The van der Waals surface area contributed by atoms with Crippen molar-refractivity contribution in [2.45, 2.75) is 59.3 Å². The van der Waals surface area contributed by atoms with Crippen LogP contribution in [0.5, 0.6) is 5.75 Å². The second-order valence-corrected chi connectivity index (χ2v) is 8.69. The Morgan fingerprint density at radius 2 is 1.71 bits per heavy atom. The van der Waals surface area contributed by atoms with Crippen molar-refractivity contribution in [1.82, 2.24) is 0 Å². The van der Waals surface area contributed by atoms with Gasteiger partial charge in [-0.2, -0.15) is 0 Å². The molecule has 5 heteroatoms. The van der Waals surface area contributed by atoms with Gasteiger partial charge in [-0.05, 0) is 35.5 Å². The van der Waals surface area contributed by atoms with Gasteiger partial charge >= 0.3 is 5.97 Å². The van der Waals surface area contributed by atoms with Crippen molar-refractivity contribution >= 4 is 12.0 Å². The quantitative estimate of drug-likeness (QED) is 0.260. The van der Waals surface area contributed by atoms with Gasteiger partial charge in [-0.3, -0.25) is 0 Å². The van der Waals surface area contributed by atoms with E-state index in [4.69, 9.17) is 18.9 Å². The average Bonchev–Trinajstić information content (AvgIpc) is 2.58. The predicted molar refractivity (Wildman–Crippen MR) is 113 cm³/mol. The van der Waals surface area contributed by atoms with Gasteiger partial charge in [0.1, 0.15) is 5.75 Å². The number of ether oxygens (including phenoxy) is 4. The van der Waals surface area contributed by atoms with Crippen molar-refractivity contribution < 1.29 is 23.7 Å². The Kier molecular flexibility index (Phi) is 9.18. The van der Waals surface area contributed by atoms with E-state index in [1.807, 2.05) is 0 Å². The van der Waals surface area contributed by atoms with Gasteiger partial charge in [0.05, 0.1) is 19.8 Å². The van der Waals surface area contributed by atoms with E-state index < -0.39 is 0 Å². The van der Waals surface area contributed by atoms with E-state index in [1.165, 1.54) is 11.6 Å². The van der Waals surface area contributed by atoms with E-state index in [-0.39, 0.29) is 23.6 Å². The Hall–Kier alpha value is -1.85. The number of hydrogen-bond acceptors (Lipinski definition) is 5. The molecule has 1 aromatic rings. The molecule has 0 aliphatic carbocycles. The lowest BCUT2D eigenvalue weighted by molar-refractivity contribution is -0.137. The molecule has 0 bridgehead atoms. The predicted octanol–water partition coefficient (Wildman–Crippen LogP) is 4.86. The van der Waals surface area contributed by atoms with Crippen LogP contribution in [0.25, 0.3) is 6.08 Å². The summed E-state index contributed by atoms with van der Waals surface area (Å²) in [6.07, 6.45) is 3.20. The molecule has 0 amide bonds. The Labute approximate surface area is 170 Å². The van der Waals surface area contributed by atoms with E-state index in [0.29, 0.717) is 19.8 Å². The molecule has 0 unspecified atom stereocenters. The summed E-state index contributed by atoms with van der Waals surface area (Å²) in [5, 5.41) is 0. The lowest BCUT2D eigenvalue weighted by Crippen LogP contribution is -2.19. The normalized spacial score (nSPS) is 12.4. The molecule has 0 aliphatic heterocycles. The van der Waals surface area contributed by atoms with E-state index in [0.717, 1.165) is 16.9 Å². The van der Waals surface area contributed by atoms with Gasteiger partial charge in [-0.25, -0.2) is 4.79 Å². The van der Waals surface area contributed by atoms with Crippen LogP contribution in [0.4, 0.5) is 0 Å². The Balaban J connectivity index is 3.37. The van der Waals surface area contributed by atoms with Crippen LogP contribution in [0.1, 0.15) is 65.2 Å². The maximum Gasteiger partial charge on any atom is 0.330 e. The summed E-state index contributed by atoms with van der Waals surface area (Å²) < 4.78 is 21.5. The molecule has 158 valence electrons. The second kappa shape index (κ2) is 10.6. The maximum absolute atomic E-state index is 11.8. The summed E-state index contributed by atoms with van der Waals surface area (Å²) in [7, 11) is 1.63. The van der Waals surface area contributed by atoms with Gasteiger partial charge < -0.3 is 18.9 Å². The first kappa shape index (κ1) is 24.2. The first-order valence-corrected chi connectivity index (χ1v) is 9.74. The van der Waals surface area contributed by atoms with Gasteiger partial charge in [0.15, 0.2) is 6.79 Å². The van der Waals surface area contributed by atoms with Gasteiger partial charge in [0, 0.05) is 24.3 Å². The maximum atomic E-state index is 11.8. The number of carbonyl (C=O) groups excluding carboxylic acids is 1. The van der Waals surface area contributed by atoms with Gasteiger partial charge in [0.25, 0.3) is 0 Å². The molecule has 0 N–H and O–H groups in total. The van der Waals surface area contributed by atoms with Crippen molar-refractivity contribution in [3.63, 3.8) is 0 Å². The number of benzene rings is 1. The minimum absolute atomic E-state index is 0.0417. The first-order chi connectivity index (χ1) is 13.0. The van der Waals surface area contributed by atoms with E-state index in [2.05, 4.69) is 53.7 Å². The topological polar surface area (TPSA) is 54.0 Å². The molecule has 0 saturated carbocycles. The van der Waals surface area contributed by atoms with Gasteiger partial charge in [0.2, 0.25) is 0 Å². The smallest absolute Gasteiger partial charge is 0.330 e. The van der Waals surface area contributed by atoms with Crippen LogP contribution in [-0.2, 0) is 29.8 Å². The number of rotatable bonds is 9. The standard InChI is InChI=1S/C23H36O5/c1-9-27-20(24)11-10-17-14-18(22(2,3)4)15-19(23(5,6)7)21(17)28-16-26-13-12-25-8/h10-11,14-15H,9,12-13,16H2,1-8H3/b11-10+. The molecule has 0 fully saturated rings. The third-order valence-corrected chi connectivity index (χ3v) is 4.20. The second-order valence-electron chi connectivity index (χ2n) is 8.69. The minimum atomic E-state index is -0.372. The lowest BCUT2D eigenvalue weighted by Gasteiger charge is -2.28. The molecule has 5 nitrogen and oxygen atoms in total. The fourth-order valence-electron chi connectivity index (χ4n) is 2.58. The van der Waals surface area contributed by atoms with Crippen molar-refractivity contribution in [2.75, 3.05) is 33.7 Å². The zero-order valence-electron chi connectivity index (χ0n) is 18.7. The first-order valence-electron chi connectivity index (χ1n) is 9.74. The molecule has 0 heterocycles. The molecule has 0 radical (unpaired) electrons. The van der Waals surface area contributed by atoms with Crippen LogP contribution in [0.3, 0.4) is 0 Å². The molecular formula is C23H36O5. The fraction of sp³-hybridized carbons (Fsp3) is 0.609. The molecule has 0 aromatic heterocycles. The monoisotopic (exact) mass is 392 g/mol. The summed E-state index contributed by atoms with van der Waals surface area (Å²) >= 11 is 0. The van der Waals surface area contributed by atoms with E-state index in [1.54, 1.807) is 20.1 Å². The molecule has 0 aliphatic rings. The molecule has 1 aromatic carbocycles. The highest BCUT2D eigenvalue weighted by atomic mass is 16.7. The highest BCUT2D eigenvalue weighted by Crippen LogP contribution is 2.39. The van der Waals surface area contributed by atoms with E-state index >= 15 is 0 Å². The van der Waals surface area contributed by atoms with E-state index in [9.17, 15) is 4.79 Å². The highest BCUT2D eigenvalue weighted by Gasteiger charge is 2.25. The third-order valence-electron chi connectivity index (χ3n) is 4.20. The Morgan fingerprint density at radius 3 is 2.25 bits per heavy atom. The van der Waals surface area contributed by atoms with Crippen molar-refractivity contribution in [3.05, 3.63) is 34.9 Å². The van der Waals surface area contributed by atoms with Crippen LogP contribution in [0, 0.1) is 0 Å². The molecule has 0 saturated heterocycles. The number of hydrogen-bond donors (Lipinski definition) is 0. The fourth-order valence-corrected chi connectivity index (χ4v) is 2.58. The Morgan fingerprint density at radius 1 is 1.04 bits per heavy atom. The van der Waals surface area contributed by atoms with Gasteiger partial charge in [-0.15, -0.1) is 0 Å². The molecule has 0 spiro atoms. The number of esters is 1. The minimum Gasteiger partial charge on any atom is -0.467 e. The van der Waals surface area contributed by atoms with Crippen LogP contribution in [-0.4, -0.2) is 39.7 Å². The van der Waals surface area contributed by atoms with Crippen molar-refractivity contribution in [1.29, 1.82) is 0 Å². The molecular weight excluding hydrogens is 356 g/mol. The largest absolute Gasteiger partial charge is 0.467 e. The van der Waals surface area contributed by atoms with Crippen LogP contribution < -0.4 is 4.74 Å². The van der Waals surface area contributed by atoms with Crippen molar-refractivity contribution in [2.24, 2.45) is 0 Å². The lowest BCUT2D eigenvalue weighted by atomic mass is 9.79. The Bertz CT molecular complexity index is 663. The summed E-state index contributed by atoms with van der Waals surface area (Å²) in [6.45, 7) is 16.1. The highest BCUT2D eigenvalue weighted by molar-refractivity contribution is 5.87. The van der Waals surface area contributed by atoms with Crippen LogP contribution >= 0.6 is 0 Å². The summed E-state index contributed by atoms with van der Waals surface area (Å²) in [6, 6.07) is 4.25. The average molecular weight is 393 g/mol. The molecule has 28 heavy (non-hydrogen) atoms. The number of methoxy groups -OCH3 is 1. The zero-order chi connectivity index (χ0) is 21.4. The third kappa shape index (κ3) is 7.64. The summed E-state index contributed by atoms with van der Waals surface area (Å²) in [5.74, 6) is 0.349. The number of carbonyl (C=O) groups is 1. The van der Waals surface area contributed by atoms with Crippen LogP contribution in [0.2, 0.25) is 0 Å². The van der Waals surface area contributed by atoms with Crippen molar-refractivity contribution in [3.8, 4) is 5.75 Å². The zero-order valence-corrected chi connectivity index (χ0v) is 18.7. The SMILES string of the molecule is CCOC(=O)/C=C/c1cc(C(C)(C)C)cc(C(C)(C)C)c1OCOCCOC. The van der Waals surface area contributed by atoms with Crippen LogP contribution in [0.15, 0.2) is 18.2 Å². The molecule has 1 rings (SSSR count).